The Hall–Kier alpha value is -1.31. The van der Waals surface area contributed by atoms with Crippen molar-refractivity contribution < 1.29 is 14.3 Å². The second-order valence-corrected chi connectivity index (χ2v) is 5.04. The Morgan fingerprint density at radius 2 is 1.95 bits per heavy atom. The fourth-order valence-corrected chi connectivity index (χ4v) is 1.74. The van der Waals surface area contributed by atoms with E-state index in [9.17, 15) is 9.59 Å². The SMILES string of the molecule is CCOC(=O)CCCNC(=O)Nc1ccc(I)cc1. The van der Waals surface area contributed by atoms with Crippen LogP contribution in [0.2, 0.25) is 0 Å². The van der Waals surface area contributed by atoms with Crippen LogP contribution in [0.1, 0.15) is 19.8 Å². The molecule has 0 aliphatic rings. The smallest absolute Gasteiger partial charge is 0.319 e. The first-order valence-electron chi connectivity index (χ1n) is 6.08. The Bertz CT molecular complexity index is 420. The van der Waals surface area contributed by atoms with E-state index in [2.05, 4.69) is 33.2 Å². The van der Waals surface area contributed by atoms with Crippen LogP contribution in [0.25, 0.3) is 0 Å². The van der Waals surface area contributed by atoms with E-state index in [1.165, 1.54) is 0 Å². The molecule has 0 aromatic heterocycles. The van der Waals surface area contributed by atoms with Crippen LogP contribution in [-0.2, 0) is 9.53 Å². The summed E-state index contributed by atoms with van der Waals surface area (Å²) in [6.45, 7) is 2.60. The lowest BCUT2D eigenvalue weighted by atomic mass is 10.3. The molecule has 0 atom stereocenters. The molecule has 19 heavy (non-hydrogen) atoms. The molecule has 0 unspecified atom stereocenters. The van der Waals surface area contributed by atoms with Gasteiger partial charge >= 0.3 is 12.0 Å². The third kappa shape index (κ3) is 7.00. The Morgan fingerprint density at radius 1 is 1.26 bits per heavy atom. The first kappa shape index (κ1) is 15.7. The molecule has 2 amide bonds. The molecule has 0 saturated carbocycles. The van der Waals surface area contributed by atoms with E-state index in [1.54, 1.807) is 6.92 Å². The van der Waals surface area contributed by atoms with Gasteiger partial charge in [0, 0.05) is 22.2 Å². The van der Waals surface area contributed by atoms with Crippen LogP contribution in [0.5, 0.6) is 0 Å². The molecule has 0 spiro atoms. The van der Waals surface area contributed by atoms with Gasteiger partial charge in [0.25, 0.3) is 0 Å². The maximum atomic E-state index is 11.5. The molecule has 0 saturated heterocycles. The van der Waals surface area contributed by atoms with Gasteiger partial charge in [-0.25, -0.2) is 4.79 Å². The van der Waals surface area contributed by atoms with Gasteiger partial charge in [0.1, 0.15) is 0 Å². The van der Waals surface area contributed by atoms with Crippen molar-refractivity contribution >= 4 is 40.3 Å². The van der Waals surface area contributed by atoms with Gasteiger partial charge in [0.05, 0.1) is 6.61 Å². The van der Waals surface area contributed by atoms with Gasteiger partial charge in [0.15, 0.2) is 0 Å². The lowest BCUT2D eigenvalue weighted by Crippen LogP contribution is -2.29. The Kier molecular flexibility index (Phi) is 7.24. The number of anilines is 1. The maximum absolute atomic E-state index is 11.5. The van der Waals surface area contributed by atoms with Crippen LogP contribution < -0.4 is 10.6 Å². The summed E-state index contributed by atoms with van der Waals surface area (Å²) in [5, 5.41) is 5.40. The number of esters is 1. The van der Waals surface area contributed by atoms with Crippen molar-refractivity contribution in [3.8, 4) is 0 Å². The summed E-state index contributed by atoms with van der Waals surface area (Å²) < 4.78 is 5.90. The highest BCUT2D eigenvalue weighted by Gasteiger charge is 2.03. The van der Waals surface area contributed by atoms with E-state index in [-0.39, 0.29) is 12.0 Å². The van der Waals surface area contributed by atoms with Gasteiger partial charge in [0.2, 0.25) is 0 Å². The molecule has 1 aromatic rings. The normalized spacial score (nSPS) is 9.79. The molecule has 0 aliphatic heterocycles. The van der Waals surface area contributed by atoms with E-state index in [4.69, 9.17) is 4.74 Å². The van der Waals surface area contributed by atoms with Gasteiger partial charge in [-0.1, -0.05) is 0 Å². The third-order valence-corrected chi connectivity index (χ3v) is 2.97. The fourth-order valence-electron chi connectivity index (χ4n) is 1.38. The molecular weight excluding hydrogens is 359 g/mol. The number of carbonyl (C=O) groups is 2. The molecule has 6 heteroatoms. The standard InChI is InChI=1S/C13H17IN2O3/c1-2-19-12(17)4-3-9-15-13(18)16-11-7-5-10(14)6-8-11/h5-8H,2-4,9H2,1H3,(H2,15,16,18). The topological polar surface area (TPSA) is 67.4 Å². The zero-order chi connectivity index (χ0) is 14.1. The highest BCUT2D eigenvalue weighted by molar-refractivity contribution is 14.1. The summed E-state index contributed by atoms with van der Waals surface area (Å²) in [5.41, 5.74) is 0.739. The average Bonchev–Trinajstić information content (AvgIpc) is 2.38. The summed E-state index contributed by atoms with van der Waals surface area (Å²) in [6.07, 6.45) is 0.886. The van der Waals surface area contributed by atoms with Gasteiger partial charge in [-0.05, 0) is 60.2 Å². The van der Waals surface area contributed by atoms with Crippen molar-refractivity contribution in [2.75, 3.05) is 18.5 Å². The van der Waals surface area contributed by atoms with E-state index in [0.29, 0.717) is 26.0 Å². The van der Waals surface area contributed by atoms with Gasteiger partial charge in [-0.3, -0.25) is 4.79 Å². The first-order valence-corrected chi connectivity index (χ1v) is 7.15. The van der Waals surface area contributed by atoms with Crippen LogP contribution >= 0.6 is 22.6 Å². The second-order valence-electron chi connectivity index (χ2n) is 3.80. The van der Waals surface area contributed by atoms with E-state index >= 15 is 0 Å². The van der Waals surface area contributed by atoms with Crippen molar-refractivity contribution in [1.82, 2.24) is 5.32 Å². The highest BCUT2D eigenvalue weighted by atomic mass is 127. The molecule has 104 valence electrons. The zero-order valence-corrected chi connectivity index (χ0v) is 12.9. The predicted molar refractivity (Wildman–Crippen MR) is 82.0 cm³/mol. The summed E-state index contributed by atoms with van der Waals surface area (Å²) >= 11 is 2.20. The quantitative estimate of drug-likeness (QED) is 0.456. The molecule has 0 bridgehead atoms. The maximum Gasteiger partial charge on any atom is 0.319 e. The minimum atomic E-state index is -0.273. The molecule has 5 nitrogen and oxygen atoms in total. The lowest BCUT2D eigenvalue weighted by molar-refractivity contribution is -0.143. The van der Waals surface area contributed by atoms with E-state index in [0.717, 1.165) is 9.26 Å². The van der Waals surface area contributed by atoms with Crippen molar-refractivity contribution in [1.29, 1.82) is 0 Å². The first-order chi connectivity index (χ1) is 9.11. The molecule has 0 heterocycles. The zero-order valence-electron chi connectivity index (χ0n) is 10.7. The van der Waals surface area contributed by atoms with Gasteiger partial charge in [-0.15, -0.1) is 0 Å². The van der Waals surface area contributed by atoms with Crippen LogP contribution in [0, 0.1) is 3.57 Å². The number of hydrogen-bond acceptors (Lipinski definition) is 3. The van der Waals surface area contributed by atoms with E-state index < -0.39 is 0 Å². The molecule has 0 radical (unpaired) electrons. The summed E-state index contributed by atoms with van der Waals surface area (Å²) in [5.74, 6) is -0.234. The lowest BCUT2D eigenvalue weighted by Gasteiger charge is -2.07. The van der Waals surface area contributed by atoms with Crippen LogP contribution in [0.15, 0.2) is 24.3 Å². The predicted octanol–water partition coefficient (Wildman–Crippen LogP) is 2.76. The number of halogens is 1. The molecule has 1 rings (SSSR count). The number of amides is 2. The minimum absolute atomic E-state index is 0.234. The van der Waals surface area contributed by atoms with Crippen LogP contribution in [0.3, 0.4) is 0 Å². The second kappa shape index (κ2) is 8.73. The molecule has 2 N–H and O–H groups in total. The number of carbonyl (C=O) groups excluding carboxylic acids is 2. The van der Waals surface area contributed by atoms with Crippen molar-refractivity contribution in [2.45, 2.75) is 19.8 Å². The molecule has 0 fully saturated rings. The molecular formula is C13H17IN2O3. The fraction of sp³-hybridized carbons (Fsp3) is 0.385. The number of ether oxygens (including phenoxy) is 1. The van der Waals surface area contributed by atoms with Crippen molar-refractivity contribution in [3.05, 3.63) is 27.8 Å². The average molecular weight is 376 g/mol. The highest BCUT2D eigenvalue weighted by Crippen LogP contribution is 2.10. The summed E-state index contributed by atoms with van der Waals surface area (Å²) in [7, 11) is 0. The largest absolute Gasteiger partial charge is 0.466 e. The summed E-state index contributed by atoms with van der Waals surface area (Å²) in [4.78, 5) is 22.6. The minimum Gasteiger partial charge on any atom is -0.466 e. The molecule has 0 aliphatic carbocycles. The van der Waals surface area contributed by atoms with E-state index in [1.807, 2.05) is 24.3 Å². The summed E-state index contributed by atoms with van der Waals surface area (Å²) in [6, 6.07) is 7.22. The Balaban J connectivity index is 2.18. The van der Waals surface area contributed by atoms with Crippen LogP contribution in [0.4, 0.5) is 10.5 Å². The number of hydrogen-bond donors (Lipinski definition) is 2. The number of benzene rings is 1. The van der Waals surface area contributed by atoms with Crippen molar-refractivity contribution in [2.24, 2.45) is 0 Å². The van der Waals surface area contributed by atoms with Gasteiger partial charge < -0.3 is 15.4 Å². The third-order valence-electron chi connectivity index (χ3n) is 2.25. The van der Waals surface area contributed by atoms with Crippen LogP contribution in [-0.4, -0.2) is 25.2 Å². The number of urea groups is 1. The number of rotatable bonds is 6. The van der Waals surface area contributed by atoms with Gasteiger partial charge in [-0.2, -0.15) is 0 Å². The molecule has 1 aromatic carbocycles. The monoisotopic (exact) mass is 376 g/mol. The number of nitrogens with one attached hydrogen (secondary N) is 2. The Labute approximate surface area is 126 Å². The Morgan fingerprint density at radius 3 is 2.58 bits per heavy atom. The van der Waals surface area contributed by atoms with Crippen molar-refractivity contribution in [3.63, 3.8) is 0 Å².